The summed E-state index contributed by atoms with van der Waals surface area (Å²) in [5, 5.41) is 11.3. The number of rotatable bonds is 2. The molecule has 0 aliphatic carbocycles. The average Bonchev–Trinajstić information content (AvgIpc) is 2.84. The highest BCUT2D eigenvalue weighted by atomic mass is 16.2. The van der Waals surface area contributed by atoms with Crippen LogP contribution in [-0.4, -0.2) is 27.6 Å². The molecule has 0 radical (unpaired) electrons. The first-order valence-electron chi connectivity index (χ1n) is 8.40. The molecule has 4 rings (SSSR count). The van der Waals surface area contributed by atoms with Gasteiger partial charge in [0, 0.05) is 30.5 Å². The minimum atomic E-state index is -0.557. The van der Waals surface area contributed by atoms with E-state index in [0.717, 1.165) is 28.0 Å². The van der Waals surface area contributed by atoms with Crippen molar-refractivity contribution < 1.29 is 9.59 Å². The normalized spacial score (nSPS) is 16.5. The molecule has 1 aliphatic rings. The van der Waals surface area contributed by atoms with E-state index in [2.05, 4.69) is 15.7 Å². The van der Waals surface area contributed by atoms with Crippen LogP contribution in [0.2, 0.25) is 0 Å². The van der Waals surface area contributed by atoms with Crippen LogP contribution in [0.15, 0.2) is 36.4 Å². The number of anilines is 2. The van der Waals surface area contributed by atoms with Crippen LogP contribution in [0.25, 0.3) is 22.0 Å². The number of fused-ring (bicyclic) bond motifs is 2. The number of hydrogen-bond donors (Lipinski definition) is 3. The monoisotopic (exact) mass is 349 g/mol. The van der Waals surface area contributed by atoms with Crippen LogP contribution in [0.5, 0.6) is 0 Å². The third kappa shape index (κ3) is 2.57. The molecule has 0 fully saturated rings. The van der Waals surface area contributed by atoms with E-state index in [9.17, 15) is 9.59 Å². The zero-order valence-electron chi connectivity index (χ0n) is 14.5. The standard InChI is InChI=1S/C19H19N5O2/c1-10-8-16(25)22-14-5-3-4-12(17(14)21-10)11-6-7-15-13(9-11)18(19(20)26)23-24(15)2/h3-7,9-10,21H,8H2,1-2H3,(H2,20,26)(H,22,25)/t10-/m1/s1. The molecular weight excluding hydrogens is 330 g/mol. The van der Waals surface area contributed by atoms with Crippen molar-refractivity contribution in [1.29, 1.82) is 0 Å². The van der Waals surface area contributed by atoms with Gasteiger partial charge in [-0.05, 0) is 30.7 Å². The highest BCUT2D eigenvalue weighted by Gasteiger charge is 2.21. The van der Waals surface area contributed by atoms with Crippen molar-refractivity contribution in [3.05, 3.63) is 42.1 Å². The maximum Gasteiger partial charge on any atom is 0.269 e. The van der Waals surface area contributed by atoms with Crippen molar-refractivity contribution in [3.63, 3.8) is 0 Å². The Labute approximate surface area is 150 Å². The Kier molecular flexibility index (Phi) is 3.64. The second-order valence-electron chi connectivity index (χ2n) is 6.59. The van der Waals surface area contributed by atoms with Crippen molar-refractivity contribution in [1.82, 2.24) is 9.78 Å². The number of benzene rings is 2. The number of nitrogens with zero attached hydrogens (tertiary/aromatic N) is 2. The molecule has 7 heteroatoms. The molecule has 1 aliphatic heterocycles. The average molecular weight is 349 g/mol. The van der Waals surface area contributed by atoms with E-state index in [1.54, 1.807) is 11.7 Å². The minimum Gasteiger partial charge on any atom is -0.380 e. The van der Waals surface area contributed by atoms with Crippen molar-refractivity contribution in [2.24, 2.45) is 12.8 Å². The first-order chi connectivity index (χ1) is 12.4. The number of aryl methyl sites for hydroxylation is 1. The minimum absolute atomic E-state index is 0.0142. The maximum absolute atomic E-state index is 12.0. The molecule has 0 saturated heterocycles. The van der Waals surface area contributed by atoms with E-state index in [4.69, 9.17) is 5.73 Å². The third-order valence-electron chi connectivity index (χ3n) is 4.62. The Morgan fingerprint density at radius 3 is 2.88 bits per heavy atom. The van der Waals surface area contributed by atoms with Gasteiger partial charge >= 0.3 is 0 Å². The summed E-state index contributed by atoms with van der Waals surface area (Å²) in [6.07, 6.45) is 0.404. The van der Waals surface area contributed by atoms with Gasteiger partial charge in [-0.1, -0.05) is 18.2 Å². The molecule has 0 saturated carbocycles. The predicted octanol–water partition coefficient (Wildman–Crippen LogP) is 2.48. The molecule has 1 aromatic heterocycles. The van der Waals surface area contributed by atoms with Crippen molar-refractivity contribution in [3.8, 4) is 11.1 Å². The van der Waals surface area contributed by atoms with Crippen molar-refractivity contribution in [2.75, 3.05) is 10.6 Å². The quantitative estimate of drug-likeness (QED) is 0.661. The maximum atomic E-state index is 12.0. The van der Waals surface area contributed by atoms with E-state index in [1.165, 1.54) is 0 Å². The SMILES string of the molecule is C[C@@H]1CC(=O)Nc2cccc(-c3ccc4c(c3)c(C(N)=O)nn4C)c2N1. The lowest BCUT2D eigenvalue weighted by Crippen LogP contribution is -2.19. The summed E-state index contributed by atoms with van der Waals surface area (Å²) in [4.78, 5) is 23.7. The van der Waals surface area contributed by atoms with Crippen LogP contribution in [0, 0.1) is 0 Å². The Balaban J connectivity index is 1.91. The van der Waals surface area contributed by atoms with Crippen LogP contribution < -0.4 is 16.4 Å². The highest BCUT2D eigenvalue weighted by Crippen LogP contribution is 2.37. The molecule has 0 bridgehead atoms. The van der Waals surface area contributed by atoms with Gasteiger partial charge in [-0.2, -0.15) is 5.10 Å². The van der Waals surface area contributed by atoms with Gasteiger partial charge < -0.3 is 16.4 Å². The summed E-state index contributed by atoms with van der Waals surface area (Å²) in [6.45, 7) is 1.97. The van der Waals surface area contributed by atoms with Gasteiger partial charge in [0.25, 0.3) is 5.91 Å². The van der Waals surface area contributed by atoms with Crippen molar-refractivity contribution >= 4 is 34.1 Å². The number of carbonyl (C=O) groups excluding carboxylic acids is 2. The molecule has 3 aromatic rings. The van der Waals surface area contributed by atoms with Crippen LogP contribution in [-0.2, 0) is 11.8 Å². The number of primary amides is 1. The summed E-state index contributed by atoms with van der Waals surface area (Å²) < 4.78 is 1.64. The summed E-state index contributed by atoms with van der Waals surface area (Å²) in [5.74, 6) is -0.571. The number of carbonyl (C=O) groups is 2. The Bertz CT molecular complexity index is 1050. The lowest BCUT2D eigenvalue weighted by molar-refractivity contribution is -0.116. The van der Waals surface area contributed by atoms with Gasteiger partial charge in [-0.15, -0.1) is 0 Å². The smallest absolute Gasteiger partial charge is 0.269 e. The van der Waals surface area contributed by atoms with Crippen LogP contribution in [0.4, 0.5) is 11.4 Å². The van der Waals surface area contributed by atoms with E-state index >= 15 is 0 Å². The van der Waals surface area contributed by atoms with E-state index < -0.39 is 5.91 Å². The number of nitrogens with two attached hydrogens (primary N) is 1. The summed E-state index contributed by atoms with van der Waals surface area (Å²) in [5.41, 5.74) is 10.0. The van der Waals surface area contributed by atoms with Crippen LogP contribution in [0.1, 0.15) is 23.8 Å². The zero-order valence-corrected chi connectivity index (χ0v) is 14.5. The van der Waals surface area contributed by atoms with E-state index in [0.29, 0.717) is 11.8 Å². The van der Waals surface area contributed by atoms with Crippen LogP contribution in [0.3, 0.4) is 0 Å². The van der Waals surface area contributed by atoms with Gasteiger partial charge in [-0.3, -0.25) is 14.3 Å². The highest BCUT2D eigenvalue weighted by molar-refractivity contribution is 6.06. The summed E-state index contributed by atoms with van der Waals surface area (Å²) in [6, 6.07) is 11.6. The number of hydrogen-bond acceptors (Lipinski definition) is 4. The first kappa shape index (κ1) is 16.1. The Hall–Kier alpha value is -3.35. The molecule has 2 amide bonds. The number of para-hydroxylation sites is 1. The fourth-order valence-corrected chi connectivity index (χ4v) is 3.44. The fourth-order valence-electron chi connectivity index (χ4n) is 3.44. The van der Waals surface area contributed by atoms with Gasteiger partial charge in [0.2, 0.25) is 5.91 Å². The molecular formula is C19H19N5O2. The van der Waals surface area contributed by atoms with Gasteiger partial charge in [0.15, 0.2) is 5.69 Å². The largest absolute Gasteiger partial charge is 0.380 e. The third-order valence-corrected chi connectivity index (χ3v) is 4.62. The number of aromatic nitrogens is 2. The molecule has 4 N–H and O–H groups in total. The van der Waals surface area contributed by atoms with E-state index in [-0.39, 0.29) is 17.6 Å². The Morgan fingerprint density at radius 1 is 1.31 bits per heavy atom. The second kappa shape index (κ2) is 5.87. The Morgan fingerprint density at radius 2 is 2.12 bits per heavy atom. The number of amides is 2. The summed E-state index contributed by atoms with van der Waals surface area (Å²) in [7, 11) is 1.78. The molecule has 2 aromatic carbocycles. The zero-order chi connectivity index (χ0) is 18.4. The number of nitrogens with one attached hydrogen (secondary N) is 2. The van der Waals surface area contributed by atoms with Crippen LogP contribution >= 0.6 is 0 Å². The molecule has 1 atom stereocenters. The lowest BCUT2D eigenvalue weighted by atomic mass is 10.00. The molecule has 2 heterocycles. The topological polar surface area (TPSA) is 102 Å². The molecule has 0 unspecified atom stereocenters. The molecule has 7 nitrogen and oxygen atoms in total. The molecule has 26 heavy (non-hydrogen) atoms. The lowest BCUT2D eigenvalue weighted by Gasteiger charge is -2.16. The summed E-state index contributed by atoms with van der Waals surface area (Å²) >= 11 is 0. The van der Waals surface area contributed by atoms with Gasteiger partial charge in [-0.25, -0.2) is 0 Å². The van der Waals surface area contributed by atoms with Crippen molar-refractivity contribution in [2.45, 2.75) is 19.4 Å². The predicted molar refractivity (Wildman–Crippen MR) is 101 cm³/mol. The molecule has 0 spiro atoms. The van der Waals surface area contributed by atoms with E-state index in [1.807, 2.05) is 43.3 Å². The fraction of sp³-hybridized carbons (Fsp3) is 0.211. The first-order valence-corrected chi connectivity index (χ1v) is 8.40. The van der Waals surface area contributed by atoms with Gasteiger partial charge in [0.1, 0.15) is 0 Å². The molecule has 132 valence electrons. The van der Waals surface area contributed by atoms with Gasteiger partial charge in [0.05, 0.1) is 16.9 Å². The second-order valence-corrected chi connectivity index (χ2v) is 6.59.